The Morgan fingerprint density at radius 2 is 1.31 bits per heavy atom. The van der Waals surface area contributed by atoms with E-state index in [1.54, 1.807) is 0 Å². The molecule has 35 heavy (non-hydrogen) atoms. The molecule has 0 aromatic heterocycles. The van der Waals surface area contributed by atoms with Gasteiger partial charge in [-0.2, -0.15) is 16.8 Å². The van der Waals surface area contributed by atoms with Gasteiger partial charge in [-0.3, -0.25) is 9.11 Å². The number of benzene rings is 3. The topological polar surface area (TPSA) is 235 Å². The Morgan fingerprint density at radius 1 is 0.714 bits per heavy atom. The summed E-state index contributed by atoms with van der Waals surface area (Å²) in [4.78, 5) is -2.19. The summed E-state index contributed by atoms with van der Waals surface area (Å²) in [5.41, 5.74) is -1.18. The summed E-state index contributed by atoms with van der Waals surface area (Å²) in [6.07, 6.45) is 0. The zero-order chi connectivity index (χ0) is 25.8. The number of phenols is 2. The average Bonchev–Trinajstić information content (AvgIpc) is 2.66. The Hall–Kier alpha value is -2.31. The van der Waals surface area contributed by atoms with Crippen molar-refractivity contribution in [1.82, 2.24) is 0 Å². The fourth-order valence-electron chi connectivity index (χ4n) is 3.16. The Morgan fingerprint density at radius 3 is 1.83 bits per heavy atom. The quantitative estimate of drug-likeness (QED) is 0.124. The van der Waals surface area contributed by atoms with Gasteiger partial charge in [-0.1, -0.05) is 6.07 Å². The molecule has 0 fully saturated rings. The first kappa shape index (κ1) is 28.9. The van der Waals surface area contributed by atoms with E-state index in [2.05, 4.69) is 10.2 Å². The Balaban J connectivity index is 0.00000432. The molecule has 0 unspecified atom stereocenters. The molecular formula is C18H18CuN2O11S3. The van der Waals surface area contributed by atoms with Crippen LogP contribution in [-0.2, 0) is 37.3 Å². The number of aryl methyl sites for hydroxylation is 2. The molecule has 0 atom stereocenters. The molecular weight excluding hydrogens is 580 g/mol. The maximum absolute atomic E-state index is 12.0. The molecule has 0 amide bonds. The molecule has 7 N–H and O–H groups in total. The number of rotatable bonds is 5. The fourth-order valence-corrected chi connectivity index (χ4v) is 5.24. The molecule has 0 saturated heterocycles. The Bertz CT molecular complexity index is 1580. The van der Waals surface area contributed by atoms with E-state index >= 15 is 0 Å². The zero-order valence-electron chi connectivity index (χ0n) is 17.6. The second kappa shape index (κ2) is 9.62. The van der Waals surface area contributed by atoms with E-state index in [1.165, 1.54) is 19.9 Å². The molecule has 3 aromatic carbocycles. The summed E-state index contributed by atoms with van der Waals surface area (Å²) in [7, 11) is -14.2. The van der Waals surface area contributed by atoms with E-state index in [9.17, 15) is 49.8 Å². The first-order valence-electron chi connectivity index (χ1n) is 8.92. The van der Waals surface area contributed by atoms with Gasteiger partial charge in [-0.15, -0.1) is 10.2 Å². The van der Waals surface area contributed by atoms with Crippen molar-refractivity contribution in [2.24, 2.45) is 10.2 Å². The van der Waals surface area contributed by atoms with Crippen molar-refractivity contribution in [3.05, 3.63) is 41.5 Å². The van der Waals surface area contributed by atoms with Gasteiger partial charge < -0.3 is 23.9 Å². The molecule has 17 heteroatoms. The monoisotopic (exact) mass is 597 g/mol. The number of phenolic OH excluding ortho intramolecular Hbond substituents is 2. The van der Waals surface area contributed by atoms with Gasteiger partial charge in [0.15, 0.2) is 5.75 Å². The van der Waals surface area contributed by atoms with Crippen LogP contribution in [0.2, 0.25) is 0 Å². The summed E-state index contributed by atoms with van der Waals surface area (Å²) in [5, 5.41) is 27.5. The van der Waals surface area contributed by atoms with Crippen molar-refractivity contribution in [2.45, 2.75) is 28.5 Å². The van der Waals surface area contributed by atoms with Crippen LogP contribution < -0.4 is 0 Å². The van der Waals surface area contributed by atoms with Crippen LogP contribution >= 0.6 is 10.9 Å². The maximum Gasteiger partial charge on any atom is 0.296 e. The SMILES string of the molecule is Cc1cc(S(O)(O)O)c2c(O)c(N=Nc3cc(S(=O)(=O)O)cc(C)c3O)c(S(=O)(=O)O)cc2c1.[Cu]. The first-order chi connectivity index (χ1) is 15.4. The Labute approximate surface area is 211 Å². The fraction of sp³-hybridized carbons (Fsp3) is 0.111. The number of hydrogen-bond donors (Lipinski definition) is 7. The Kier molecular flexibility index (Phi) is 7.95. The van der Waals surface area contributed by atoms with E-state index in [0.717, 1.165) is 18.2 Å². The van der Waals surface area contributed by atoms with E-state index in [-0.39, 0.29) is 28.0 Å². The maximum atomic E-state index is 12.0. The number of azo groups is 1. The molecule has 13 nitrogen and oxygen atoms in total. The van der Waals surface area contributed by atoms with Crippen LogP contribution in [0.25, 0.3) is 10.8 Å². The minimum atomic E-state index is -5.06. The third kappa shape index (κ3) is 5.92. The molecule has 0 aliphatic rings. The van der Waals surface area contributed by atoms with Gasteiger partial charge in [-0.05, 0) is 54.6 Å². The van der Waals surface area contributed by atoms with Crippen molar-refractivity contribution >= 4 is 53.3 Å². The van der Waals surface area contributed by atoms with E-state index in [0.29, 0.717) is 11.6 Å². The van der Waals surface area contributed by atoms with Crippen LogP contribution in [0.1, 0.15) is 11.1 Å². The van der Waals surface area contributed by atoms with Gasteiger partial charge >= 0.3 is 0 Å². The van der Waals surface area contributed by atoms with Crippen molar-refractivity contribution < 1.29 is 66.9 Å². The summed E-state index contributed by atoms with van der Waals surface area (Å²) in [6, 6.07) is 4.92. The normalized spacial score (nSPS) is 13.2. The predicted molar refractivity (Wildman–Crippen MR) is 121 cm³/mol. The van der Waals surface area contributed by atoms with Gasteiger partial charge in [-0.25, -0.2) is 0 Å². The predicted octanol–water partition coefficient (Wildman–Crippen LogP) is 4.36. The summed E-state index contributed by atoms with van der Waals surface area (Å²) < 4.78 is 95.1. The van der Waals surface area contributed by atoms with Crippen molar-refractivity contribution in [3.8, 4) is 11.5 Å². The molecule has 0 aliphatic heterocycles. The largest absolute Gasteiger partial charge is 0.505 e. The van der Waals surface area contributed by atoms with Crippen LogP contribution in [0, 0.1) is 13.8 Å². The van der Waals surface area contributed by atoms with Gasteiger partial charge in [0, 0.05) is 22.5 Å². The number of fused-ring (bicyclic) bond motifs is 1. The summed E-state index contributed by atoms with van der Waals surface area (Å²) >= 11 is 0. The molecule has 0 heterocycles. The van der Waals surface area contributed by atoms with Crippen LogP contribution in [0.15, 0.2) is 55.2 Å². The van der Waals surface area contributed by atoms with Gasteiger partial charge in [0.1, 0.15) is 32.9 Å². The van der Waals surface area contributed by atoms with Crippen LogP contribution in [0.3, 0.4) is 0 Å². The summed E-state index contributed by atoms with van der Waals surface area (Å²) in [6.45, 7) is 2.76. The molecule has 3 rings (SSSR count). The smallest absolute Gasteiger partial charge is 0.296 e. The molecule has 3 aromatic rings. The minimum Gasteiger partial charge on any atom is -0.505 e. The van der Waals surface area contributed by atoms with Crippen molar-refractivity contribution in [3.63, 3.8) is 0 Å². The van der Waals surface area contributed by atoms with Gasteiger partial charge in [0.25, 0.3) is 20.2 Å². The molecule has 0 spiro atoms. The van der Waals surface area contributed by atoms with Gasteiger partial charge in [0.2, 0.25) is 0 Å². The number of aromatic hydroxyl groups is 2. The van der Waals surface area contributed by atoms with Crippen molar-refractivity contribution in [2.75, 3.05) is 0 Å². The zero-order valence-corrected chi connectivity index (χ0v) is 21.0. The molecule has 1 radical (unpaired) electrons. The molecule has 195 valence electrons. The second-order valence-electron chi connectivity index (χ2n) is 7.21. The summed E-state index contributed by atoms with van der Waals surface area (Å²) in [5.74, 6) is -1.62. The van der Waals surface area contributed by atoms with E-state index in [1.807, 2.05) is 0 Å². The van der Waals surface area contributed by atoms with Crippen LogP contribution in [0.5, 0.6) is 11.5 Å². The first-order valence-corrected chi connectivity index (χ1v) is 13.3. The number of nitrogens with zero attached hydrogens (tertiary/aromatic N) is 2. The average molecular weight is 598 g/mol. The van der Waals surface area contributed by atoms with Gasteiger partial charge in [0.05, 0.1) is 9.79 Å². The number of hydrogen-bond acceptors (Lipinski definition) is 11. The minimum absolute atomic E-state index is 0. The molecule has 0 saturated carbocycles. The molecule has 0 bridgehead atoms. The van der Waals surface area contributed by atoms with Crippen molar-refractivity contribution in [1.29, 1.82) is 0 Å². The van der Waals surface area contributed by atoms with Crippen LogP contribution in [-0.4, -0.2) is 49.8 Å². The molecule has 0 aliphatic carbocycles. The van der Waals surface area contributed by atoms with E-state index < -0.39 is 74.1 Å². The third-order valence-electron chi connectivity index (χ3n) is 4.64. The standard InChI is InChI=1S/C18H18N2O11S3.Cu/c1-8-3-10-6-14(34(29,30)31)16(18(22)15(10)13(4-8)33(26,27)28)20-19-12-7-11(32(23,24)25)5-9(2)17(12)21;/h3-7,21-22,26-28H,1-2H3,(H,23,24,25)(H,29,30,31);. The van der Waals surface area contributed by atoms with E-state index in [4.69, 9.17) is 0 Å². The second-order valence-corrected chi connectivity index (χ2v) is 11.5. The van der Waals surface area contributed by atoms with Crippen LogP contribution in [0.4, 0.5) is 11.4 Å². The third-order valence-corrected chi connectivity index (χ3v) is 7.25.